The van der Waals surface area contributed by atoms with Crippen LogP contribution in [0.1, 0.15) is 35.2 Å². The average Bonchev–Trinajstić information content (AvgIpc) is 2.75. The van der Waals surface area contributed by atoms with Crippen molar-refractivity contribution in [2.75, 3.05) is 0 Å². The van der Waals surface area contributed by atoms with Crippen molar-refractivity contribution in [3.05, 3.63) is 35.4 Å². The summed E-state index contributed by atoms with van der Waals surface area (Å²) in [5.74, 6) is -3.33. The Morgan fingerprint density at radius 1 is 1.50 bits per heavy atom. The number of alkyl halides is 2. The summed E-state index contributed by atoms with van der Waals surface area (Å²) >= 11 is 0. The lowest BCUT2D eigenvalue weighted by Crippen LogP contribution is -1.96. The van der Waals surface area contributed by atoms with Gasteiger partial charge in [0.2, 0.25) is 0 Å². The molecule has 0 amide bonds. The Balaban J connectivity index is 2.28. The molecule has 3 heteroatoms. The Hall–Kier alpha value is -1.25. The molecule has 1 aliphatic carbocycles. The Morgan fingerprint density at radius 2 is 2.14 bits per heavy atom. The highest BCUT2D eigenvalue weighted by Gasteiger charge is 2.57. The van der Waals surface area contributed by atoms with Crippen molar-refractivity contribution >= 4 is 5.78 Å². The molecule has 0 N–H and O–H groups in total. The molecule has 1 saturated carbocycles. The Bertz CT molecular complexity index is 385. The van der Waals surface area contributed by atoms with Gasteiger partial charge in [0, 0.05) is 12.0 Å². The molecule has 0 aromatic heterocycles. The fourth-order valence-corrected chi connectivity index (χ4v) is 1.55. The number of benzene rings is 1. The highest BCUT2D eigenvalue weighted by Crippen LogP contribution is 2.55. The van der Waals surface area contributed by atoms with E-state index in [1.54, 1.807) is 24.3 Å². The first-order chi connectivity index (χ1) is 6.50. The van der Waals surface area contributed by atoms with E-state index in [9.17, 15) is 13.6 Å². The van der Waals surface area contributed by atoms with Gasteiger partial charge in [-0.2, -0.15) is 0 Å². The number of halogens is 2. The van der Waals surface area contributed by atoms with Crippen LogP contribution in [-0.4, -0.2) is 11.7 Å². The number of Topliss-reactive ketones (excluding diaryl/α,β-unsaturated/α-hetero) is 1. The highest BCUT2D eigenvalue weighted by molar-refractivity contribution is 5.94. The minimum atomic E-state index is -2.56. The van der Waals surface area contributed by atoms with Gasteiger partial charge in [0.05, 0.1) is 5.92 Å². The average molecular weight is 196 g/mol. The first kappa shape index (κ1) is 9.31. The van der Waals surface area contributed by atoms with E-state index in [1.807, 2.05) is 0 Å². The van der Waals surface area contributed by atoms with E-state index in [1.165, 1.54) is 6.92 Å². The lowest BCUT2D eigenvalue weighted by molar-refractivity contribution is 0.101. The predicted molar refractivity (Wildman–Crippen MR) is 48.8 cm³/mol. The van der Waals surface area contributed by atoms with Crippen LogP contribution in [0.15, 0.2) is 24.3 Å². The molecule has 1 aliphatic rings. The highest BCUT2D eigenvalue weighted by atomic mass is 19.3. The minimum absolute atomic E-state index is 0.0872. The van der Waals surface area contributed by atoms with Gasteiger partial charge in [-0.3, -0.25) is 4.79 Å². The second kappa shape index (κ2) is 2.87. The number of hydrogen-bond acceptors (Lipinski definition) is 1. The van der Waals surface area contributed by atoms with Crippen molar-refractivity contribution in [1.29, 1.82) is 0 Å². The zero-order valence-corrected chi connectivity index (χ0v) is 7.76. The number of carbonyl (C=O) groups is 1. The standard InChI is InChI=1S/C11H10F2O/c1-7(14)8-3-2-4-9(5-8)10-6-11(10,12)13/h2-5,10H,6H2,1H3. The number of hydrogen-bond donors (Lipinski definition) is 0. The quantitative estimate of drug-likeness (QED) is 0.664. The van der Waals surface area contributed by atoms with Crippen LogP contribution >= 0.6 is 0 Å². The van der Waals surface area contributed by atoms with Gasteiger partial charge >= 0.3 is 0 Å². The largest absolute Gasteiger partial charge is 0.295 e. The maximum Gasteiger partial charge on any atom is 0.255 e. The molecule has 0 radical (unpaired) electrons. The maximum absolute atomic E-state index is 12.7. The third-order valence-corrected chi connectivity index (χ3v) is 2.52. The lowest BCUT2D eigenvalue weighted by Gasteiger charge is -2.01. The van der Waals surface area contributed by atoms with Gasteiger partial charge in [0.1, 0.15) is 0 Å². The molecular formula is C11H10F2O. The van der Waals surface area contributed by atoms with Crippen molar-refractivity contribution in [2.45, 2.75) is 25.2 Å². The lowest BCUT2D eigenvalue weighted by atomic mass is 10.0. The fraction of sp³-hybridized carbons (Fsp3) is 0.364. The van der Waals surface area contributed by atoms with Gasteiger partial charge in [0.25, 0.3) is 5.92 Å². The van der Waals surface area contributed by atoms with Gasteiger partial charge in [-0.25, -0.2) is 8.78 Å². The SMILES string of the molecule is CC(=O)c1cccc(C2CC2(F)F)c1. The monoisotopic (exact) mass is 196 g/mol. The van der Waals surface area contributed by atoms with E-state index in [0.29, 0.717) is 11.1 Å². The van der Waals surface area contributed by atoms with Gasteiger partial charge in [-0.1, -0.05) is 18.2 Å². The summed E-state index contributed by atoms with van der Waals surface area (Å²) in [7, 11) is 0. The van der Waals surface area contributed by atoms with Gasteiger partial charge in [-0.15, -0.1) is 0 Å². The molecule has 0 spiro atoms. The molecule has 1 unspecified atom stereocenters. The zero-order chi connectivity index (χ0) is 10.3. The van der Waals surface area contributed by atoms with E-state index in [2.05, 4.69) is 0 Å². The Morgan fingerprint density at radius 3 is 2.64 bits per heavy atom. The fourth-order valence-electron chi connectivity index (χ4n) is 1.55. The number of ketones is 1. The number of rotatable bonds is 2. The second-order valence-electron chi connectivity index (χ2n) is 3.70. The van der Waals surface area contributed by atoms with Gasteiger partial charge in [-0.05, 0) is 18.6 Å². The summed E-state index contributed by atoms with van der Waals surface area (Å²) in [6.45, 7) is 1.43. The van der Waals surface area contributed by atoms with E-state index in [-0.39, 0.29) is 12.2 Å². The van der Waals surface area contributed by atoms with Crippen LogP contribution in [0, 0.1) is 0 Å². The van der Waals surface area contributed by atoms with Crippen molar-refractivity contribution in [2.24, 2.45) is 0 Å². The van der Waals surface area contributed by atoms with E-state index < -0.39 is 11.8 Å². The summed E-state index contributed by atoms with van der Waals surface area (Å²) < 4.78 is 25.5. The molecule has 1 aromatic carbocycles. The van der Waals surface area contributed by atoms with Crippen molar-refractivity contribution in [1.82, 2.24) is 0 Å². The van der Waals surface area contributed by atoms with Crippen molar-refractivity contribution < 1.29 is 13.6 Å². The maximum atomic E-state index is 12.7. The first-order valence-corrected chi connectivity index (χ1v) is 4.49. The van der Waals surface area contributed by atoms with Gasteiger partial charge in [0.15, 0.2) is 5.78 Å². The van der Waals surface area contributed by atoms with Crippen LogP contribution in [0.5, 0.6) is 0 Å². The molecular weight excluding hydrogens is 186 g/mol. The first-order valence-electron chi connectivity index (χ1n) is 4.49. The summed E-state index contributed by atoms with van der Waals surface area (Å²) in [6, 6.07) is 6.51. The molecule has 1 nitrogen and oxygen atoms in total. The van der Waals surface area contributed by atoms with Crippen LogP contribution in [0.4, 0.5) is 8.78 Å². The van der Waals surface area contributed by atoms with E-state index in [4.69, 9.17) is 0 Å². The molecule has 0 bridgehead atoms. The summed E-state index contributed by atoms with van der Waals surface area (Å²) in [5, 5.41) is 0. The Kier molecular flexibility index (Phi) is 1.91. The zero-order valence-electron chi connectivity index (χ0n) is 7.76. The van der Waals surface area contributed by atoms with E-state index in [0.717, 1.165) is 0 Å². The number of carbonyl (C=O) groups excluding carboxylic acids is 1. The molecule has 0 heterocycles. The molecule has 2 rings (SSSR count). The predicted octanol–water partition coefficient (Wildman–Crippen LogP) is 3.01. The summed E-state index contributed by atoms with van der Waals surface area (Å²) in [4.78, 5) is 11.0. The second-order valence-corrected chi connectivity index (χ2v) is 3.70. The summed E-state index contributed by atoms with van der Waals surface area (Å²) in [6.07, 6.45) is -0.0889. The minimum Gasteiger partial charge on any atom is -0.295 e. The van der Waals surface area contributed by atoms with Crippen LogP contribution in [0.3, 0.4) is 0 Å². The molecule has 14 heavy (non-hydrogen) atoms. The molecule has 74 valence electrons. The third-order valence-electron chi connectivity index (χ3n) is 2.52. The van der Waals surface area contributed by atoms with Crippen LogP contribution in [-0.2, 0) is 0 Å². The normalized spacial score (nSPS) is 23.2. The molecule has 1 fully saturated rings. The van der Waals surface area contributed by atoms with E-state index >= 15 is 0 Å². The molecule has 1 aromatic rings. The van der Waals surface area contributed by atoms with Crippen molar-refractivity contribution in [3.8, 4) is 0 Å². The van der Waals surface area contributed by atoms with Crippen LogP contribution in [0.2, 0.25) is 0 Å². The Labute approximate surface area is 80.7 Å². The van der Waals surface area contributed by atoms with Gasteiger partial charge < -0.3 is 0 Å². The third kappa shape index (κ3) is 1.54. The molecule has 0 aliphatic heterocycles. The molecule has 1 atom stereocenters. The smallest absolute Gasteiger partial charge is 0.255 e. The summed E-state index contributed by atoms with van der Waals surface area (Å²) in [5.41, 5.74) is 1.08. The topological polar surface area (TPSA) is 17.1 Å². The molecule has 0 saturated heterocycles. The van der Waals surface area contributed by atoms with Crippen LogP contribution in [0.25, 0.3) is 0 Å². The van der Waals surface area contributed by atoms with Crippen LogP contribution < -0.4 is 0 Å². The van der Waals surface area contributed by atoms with Crippen molar-refractivity contribution in [3.63, 3.8) is 0 Å².